The molecule has 0 aliphatic rings. The van der Waals surface area contributed by atoms with E-state index in [0.717, 1.165) is 12.4 Å². The second kappa shape index (κ2) is 6.60. The first-order valence-electron chi connectivity index (χ1n) is 5.57. The lowest BCUT2D eigenvalue weighted by molar-refractivity contribution is 0.521. The second-order valence-corrected chi connectivity index (χ2v) is 3.71. The fourth-order valence-electron chi connectivity index (χ4n) is 1.48. The summed E-state index contributed by atoms with van der Waals surface area (Å²) in [5.74, 6) is 1.03. The third-order valence-corrected chi connectivity index (χ3v) is 2.41. The first-order valence-corrected chi connectivity index (χ1v) is 5.57. The van der Waals surface area contributed by atoms with E-state index in [2.05, 4.69) is 29.1 Å². The van der Waals surface area contributed by atoms with Crippen LogP contribution in [0, 0.1) is 0 Å². The van der Waals surface area contributed by atoms with Gasteiger partial charge in [0.2, 0.25) is 0 Å². The van der Waals surface area contributed by atoms with Gasteiger partial charge in [-0.3, -0.25) is 0 Å². The smallest absolute Gasteiger partial charge is 0.122 e. The van der Waals surface area contributed by atoms with Gasteiger partial charge in [0.1, 0.15) is 5.82 Å². The zero-order valence-electron chi connectivity index (χ0n) is 9.21. The molecule has 0 amide bonds. The van der Waals surface area contributed by atoms with Crippen LogP contribution in [0.5, 0.6) is 0 Å². The van der Waals surface area contributed by atoms with Gasteiger partial charge in [-0.1, -0.05) is 26.2 Å². The molecule has 0 spiro atoms. The van der Waals surface area contributed by atoms with Crippen LogP contribution in [-0.2, 0) is 0 Å². The van der Waals surface area contributed by atoms with Gasteiger partial charge in [0.05, 0.1) is 6.04 Å². The van der Waals surface area contributed by atoms with Gasteiger partial charge in [0.25, 0.3) is 0 Å². The fourth-order valence-corrected chi connectivity index (χ4v) is 1.48. The molecule has 0 aliphatic carbocycles. The minimum absolute atomic E-state index is 0.339. The van der Waals surface area contributed by atoms with Crippen LogP contribution in [-0.4, -0.2) is 16.5 Å². The molecule has 1 heterocycles. The molecule has 1 aromatic rings. The van der Waals surface area contributed by atoms with E-state index in [1.54, 1.807) is 6.20 Å². The van der Waals surface area contributed by atoms with Crippen LogP contribution in [0.4, 0.5) is 0 Å². The molecule has 3 nitrogen and oxygen atoms in total. The average molecular weight is 195 g/mol. The van der Waals surface area contributed by atoms with E-state index >= 15 is 0 Å². The molecule has 0 aliphatic heterocycles. The molecule has 1 aromatic heterocycles. The van der Waals surface area contributed by atoms with E-state index in [4.69, 9.17) is 0 Å². The van der Waals surface area contributed by atoms with Gasteiger partial charge in [-0.2, -0.15) is 0 Å². The summed E-state index contributed by atoms with van der Waals surface area (Å²) in [6.07, 6.45) is 8.90. The third-order valence-electron chi connectivity index (χ3n) is 2.41. The quantitative estimate of drug-likeness (QED) is 0.657. The van der Waals surface area contributed by atoms with Crippen molar-refractivity contribution in [3.8, 4) is 0 Å². The summed E-state index contributed by atoms with van der Waals surface area (Å²) in [4.78, 5) is 7.33. The number of rotatable bonds is 7. The van der Waals surface area contributed by atoms with Crippen molar-refractivity contribution in [3.63, 3.8) is 0 Å². The number of aromatic nitrogens is 2. The van der Waals surface area contributed by atoms with Gasteiger partial charge in [-0.25, -0.2) is 4.98 Å². The summed E-state index contributed by atoms with van der Waals surface area (Å²) in [5, 5.41) is 3.45. The Bertz CT molecular complexity index is 218. The van der Waals surface area contributed by atoms with Gasteiger partial charge in [0.15, 0.2) is 0 Å². The number of aromatic amines is 1. The summed E-state index contributed by atoms with van der Waals surface area (Å²) in [6.45, 7) is 5.46. The number of unbranched alkanes of at least 4 members (excludes halogenated alkanes) is 3. The van der Waals surface area contributed by atoms with Crippen molar-refractivity contribution < 1.29 is 0 Å². The standard InChI is InChI=1S/C11H21N3/c1-3-4-5-6-7-12-10(2)11-13-8-9-14-11/h8-10,12H,3-7H2,1-2H3,(H,13,14). The topological polar surface area (TPSA) is 40.7 Å². The Morgan fingerprint density at radius 3 is 2.93 bits per heavy atom. The molecule has 1 rings (SSSR count). The van der Waals surface area contributed by atoms with E-state index in [1.807, 2.05) is 6.20 Å². The fraction of sp³-hybridized carbons (Fsp3) is 0.727. The molecule has 14 heavy (non-hydrogen) atoms. The maximum absolute atomic E-state index is 4.21. The van der Waals surface area contributed by atoms with Gasteiger partial charge in [-0.05, 0) is 19.9 Å². The highest BCUT2D eigenvalue weighted by atomic mass is 15.0. The summed E-state index contributed by atoms with van der Waals surface area (Å²) in [7, 11) is 0. The van der Waals surface area contributed by atoms with Crippen molar-refractivity contribution in [3.05, 3.63) is 18.2 Å². The normalized spacial score (nSPS) is 13.0. The van der Waals surface area contributed by atoms with Crippen molar-refractivity contribution in [1.29, 1.82) is 0 Å². The number of H-pyrrole nitrogens is 1. The number of nitrogens with zero attached hydrogens (tertiary/aromatic N) is 1. The summed E-state index contributed by atoms with van der Waals surface area (Å²) >= 11 is 0. The molecule has 0 saturated carbocycles. The molecule has 1 unspecified atom stereocenters. The third kappa shape index (κ3) is 3.92. The molecule has 0 radical (unpaired) electrons. The molecule has 1 atom stereocenters. The van der Waals surface area contributed by atoms with E-state index in [1.165, 1.54) is 25.7 Å². The molecule has 0 saturated heterocycles. The Morgan fingerprint density at radius 1 is 1.43 bits per heavy atom. The van der Waals surface area contributed by atoms with Crippen molar-refractivity contribution in [2.24, 2.45) is 0 Å². The van der Waals surface area contributed by atoms with Crippen LogP contribution in [0.15, 0.2) is 12.4 Å². The Hall–Kier alpha value is -0.830. The van der Waals surface area contributed by atoms with Crippen LogP contribution in [0.1, 0.15) is 51.4 Å². The highest BCUT2D eigenvalue weighted by molar-refractivity contribution is 4.93. The molecule has 3 heteroatoms. The minimum Gasteiger partial charge on any atom is -0.347 e. The van der Waals surface area contributed by atoms with Gasteiger partial charge < -0.3 is 10.3 Å². The predicted octanol–water partition coefficient (Wildman–Crippen LogP) is 2.64. The Balaban J connectivity index is 2.07. The highest BCUT2D eigenvalue weighted by Gasteiger charge is 2.04. The first-order chi connectivity index (χ1) is 6.84. The molecular weight excluding hydrogens is 174 g/mol. The van der Waals surface area contributed by atoms with Crippen molar-refractivity contribution in [1.82, 2.24) is 15.3 Å². The van der Waals surface area contributed by atoms with Crippen LogP contribution in [0.3, 0.4) is 0 Å². The lowest BCUT2D eigenvalue weighted by atomic mass is 10.2. The monoisotopic (exact) mass is 195 g/mol. The Kier molecular flexibility index (Phi) is 5.30. The summed E-state index contributed by atoms with van der Waals surface area (Å²) < 4.78 is 0. The summed E-state index contributed by atoms with van der Waals surface area (Å²) in [5.41, 5.74) is 0. The molecule has 0 bridgehead atoms. The number of imidazole rings is 1. The van der Waals surface area contributed by atoms with Crippen LogP contribution in [0.25, 0.3) is 0 Å². The molecule has 0 aromatic carbocycles. The first kappa shape index (κ1) is 11.2. The van der Waals surface area contributed by atoms with E-state index in [9.17, 15) is 0 Å². The van der Waals surface area contributed by atoms with Crippen LogP contribution in [0.2, 0.25) is 0 Å². The average Bonchev–Trinajstić information content (AvgIpc) is 2.70. The maximum Gasteiger partial charge on any atom is 0.122 e. The predicted molar refractivity (Wildman–Crippen MR) is 59.1 cm³/mol. The molecular formula is C11H21N3. The largest absolute Gasteiger partial charge is 0.347 e. The lowest BCUT2D eigenvalue weighted by Crippen LogP contribution is -2.20. The minimum atomic E-state index is 0.339. The molecule has 0 fully saturated rings. The van der Waals surface area contributed by atoms with Crippen molar-refractivity contribution in [2.75, 3.05) is 6.54 Å². The van der Waals surface area contributed by atoms with E-state index in [0.29, 0.717) is 6.04 Å². The maximum atomic E-state index is 4.21. The number of hydrogen-bond donors (Lipinski definition) is 2. The zero-order valence-corrected chi connectivity index (χ0v) is 9.21. The van der Waals surface area contributed by atoms with Gasteiger partial charge >= 0.3 is 0 Å². The van der Waals surface area contributed by atoms with Crippen LogP contribution < -0.4 is 5.32 Å². The van der Waals surface area contributed by atoms with E-state index < -0.39 is 0 Å². The van der Waals surface area contributed by atoms with Gasteiger partial charge in [-0.15, -0.1) is 0 Å². The van der Waals surface area contributed by atoms with Crippen LogP contribution >= 0.6 is 0 Å². The lowest BCUT2D eigenvalue weighted by Gasteiger charge is -2.10. The Labute approximate surface area is 86.3 Å². The zero-order chi connectivity index (χ0) is 10.2. The highest BCUT2D eigenvalue weighted by Crippen LogP contribution is 2.05. The van der Waals surface area contributed by atoms with E-state index in [-0.39, 0.29) is 0 Å². The summed E-state index contributed by atoms with van der Waals surface area (Å²) in [6, 6.07) is 0.339. The molecule has 2 N–H and O–H groups in total. The van der Waals surface area contributed by atoms with Crippen molar-refractivity contribution in [2.45, 2.75) is 45.6 Å². The SMILES string of the molecule is CCCCCCNC(C)c1ncc[nH]1. The van der Waals surface area contributed by atoms with Crippen molar-refractivity contribution >= 4 is 0 Å². The Morgan fingerprint density at radius 2 is 2.29 bits per heavy atom. The number of hydrogen-bond acceptors (Lipinski definition) is 2. The van der Waals surface area contributed by atoms with Gasteiger partial charge in [0, 0.05) is 12.4 Å². The number of nitrogens with one attached hydrogen (secondary N) is 2. The molecule has 80 valence electrons. The second-order valence-electron chi connectivity index (χ2n) is 3.71.